The zero-order valence-electron chi connectivity index (χ0n) is 12.0. The Morgan fingerprint density at radius 3 is 2.43 bits per heavy atom. The normalized spacial score (nSPS) is 12.7. The second-order valence-electron chi connectivity index (χ2n) is 5.29. The minimum Gasteiger partial charge on any atom is -0.289 e. The monoisotopic (exact) mass is 280 g/mol. The summed E-state index contributed by atoms with van der Waals surface area (Å²) in [5, 5.41) is 0. The zero-order valence-corrected chi connectivity index (χ0v) is 12.0. The maximum absolute atomic E-state index is 12.7. The van der Waals surface area contributed by atoms with Crippen molar-refractivity contribution in [2.24, 2.45) is 5.92 Å². The van der Waals surface area contributed by atoms with Gasteiger partial charge in [0.1, 0.15) is 6.33 Å². The van der Waals surface area contributed by atoms with Crippen LogP contribution >= 0.6 is 0 Å². The van der Waals surface area contributed by atoms with Gasteiger partial charge in [-0.15, -0.1) is 0 Å². The Labute approximate surface area is 122 Å². The molecule has 0 bridgehead atoms. The molecule has 0 spiro atoms. The molecule has 0 saturated carbocycles. The van der Waals surface area contributed by atoms with Crippen LogP contribution in [0.1, 0.15) is 25.5 Å². The van der Waals surface area contributed by atoms with Crippen LogP contribution in [0.2, 0.25) is 0 Å². The summed E-state index contributed by atoms with van der Waals surface area (Å²) in [6, 6.07) is 9.90. The Bertz CT molecular complexity index is 811. The van der Waals surface area contributed by atoms with E-state index in [-0.39, 0.29) is 17.5 Å². The lowest BCUT2D eigenvalue weighted by Gasteiger charge is -2.23. The van der Waals surface area contributed by atoms with Crippen LogP contribution in [0.15, 0.2) is 53.8 Å². The molecular weight excluding hydrogens is 264 g/mol. The number of hydrogen-bond acceptors (Lipinski definition) is 4. The first-order valence-electron chi connectivity index (χ1n) is 6.91. The van der Waals surface area contributed by atoms with E-state index >= 15 is 0 Å². The van der Waals surface area contributed by atoms with Gasteiger partial charge in [-0.3, -0.25) is 9.36 Å². The summed E-state index contributed by atoms with van der Waals surface area (Å²) >= 11 is 0. The van der Waals surface area contributed by atoms with Crippen LogP contribution in [0, 0.1) is 5.92 Å². The average Bonchev–Trinajstić information content (AvgIpc) is 2.51. The van der Waals surface area contributed by atoms with Crippen LogP contribution in [0.4, 0.5) is 0 Å². The van der Waals surface area contributed by atoms with Crippen molar-refractivity contribution in [1.82, 2.24) is 19.5 Å². The predicted molar refractivity (Wildman–Crippen MR) is 81.0 cm³/mol. The van der Waals surface area contributed by atoms with E-state index in [1.54, 1.807) is 10.9 Å². The molecule has 0 aliphatic heterocycles. The predicted octanol–water partition coefficient (Wildman–Crippen LogP) is 2.43. The van der Waals surface area contributed by atoms with E-state index in [1.165, 1.54) is 12.4 Å². The van der Waals surface area contributed by atoms with Crippen molar-refractivity contribution in [3.63, 3.8) is 0 Å². The highest BCUT2D eigenvalue weighted by molar-refractivity contribution is 5.67. The Balaban J connectivity index is 2.21. The Hall–Kier alpha value is -2.56. The Morgan fingerprint density at radius 2 is 1.71 bits per heavy atom. The van der Waals surface area contributed by atoms with Crippen LogP contribution in [0.25, 0.3) is 11.2 Å². The molecule has 0 aliphatic rings. The van der Waals surface area contributed by atoms with Gasteiger partial charge >= 0.3 is 0 Å². The lowest BCUT2D eigenvalue weighted by atomic mass is 9.96. The fourth-order valence-electron chi connectivity index (χ4n) is 2.58. The third-order valence-electron chi connectivity index (χ3n) is 3.49. The van der Waals surface area contributed by atoms with Gasteiger partial charge in [-0.05, 0) is 11.5 Å². The van der Waals surface area contributed by atoms with Crippen molar-refractivity contribution in [3.8, 4) is 0 Å². The standard InChI is InChI=1S/C16H16N4O/c1-11(2)14(12-6-4-3-5-7-12)20-10-19-15-13(16(20)21)17-8-9-18-15/h3-11,14H,1-2H3/t14-/m1/s1. The first-order chi connectivity index (χ1) is 10.2. The summed E-state index contributed by atoms with van der Waals surface area (Å²) in [5.74, 6) is 0.251. The van der Waals surface area contributed by atoms with Crippen LogP contribution in [0.3, 0.4) is 0 Å². The molecule has 0 amide bonds. The van der Waals surface area contributed by atoms with Gasteiger partial charge in [-0.25, -0.2) is 15.0 Å². The van der Waals surface area contributed by atoms with Gasteiger partial charge in [-0.1, -0.05) is 44.2 Å². The van der Waals surface area contributed by atoms with Gasteiger partial charge in [0.15, 0.2) is 11.2 Å². The number of nitrogens with zero attached hydrogens (tertiary/aromatic N) is 4. The largest absolute Gasteiger partial charge is 0.289 e. The van der Waals surface area contributed by atoms with E-state index < -0.39 is 0 Å². The SMILES string of the molecule is CC(C)[C@H](c1ccccc1)n1cnc2nccnc2c1=O. The maximum atomic E-state index is 12.7. The first-order valence-corrected chi connectivity index (χ1v) is 6.91. The molecule has 0 fully saturated rings. The molecule has 3 aromatic rings. The quantitative estimate of drug-likeness (QED) is 0.739. The zero-order chi connectivity index (χ0) is 14.8. The summed E-state index contributed by atoms with van der Waals surface area (Å²) in [4.78, 5) is 25.1. The smallest absolute Gasteiger partial charge is 0.282 e. The van der Waals surface area contributed by atoms with Gasteiger partial charge < -0.3 is 0 Å². The van der Waals surface area contributed by atoms with Crippen LogP contribution in [-0.4, -0.2) is 19.5 Å². The van der Waals surface area contributed by atoms with Crippen molar-refractivity contribution < 1.29 is 0 Å². The van der Waals surface area contributed by atoms with Gasteiger partial charge in [0.05, 0.1) is 6.04 Å². The lowest BCUT2D eigenvalue weighted by molar-refractivity contribution is 0.424. The van der Waals surface area contributed by atoms with Crippen LogP contribution < -0.4 is 5.56 Å². The third kappa shape index (κ3) is 2.42. The van der Waals surface area contributed by atoms with Crippen molar-refractivity contribution in [1.29, 1.82) is 0 Å². The van der Waals surface area contributed by atoms with Crippen LogP contribution in [-0.2, 0) is 0 Å². The molecule has 106 valence electrons. The highest BCUT2D eigenvalue weighted by Gasteiger charge is 2.20. The third-order valence-corrected chi connectivity index (χ3v) is 3.49. The fraction of sp³-hybridized carbons (Fsp3) is 0.250. The van der Waals surface area contributed by atoms with Gasteiger partial charge in [0, 0.05) is 12.4 Å². The van der Waals surface area contributed by atoms with Gasteiger partial charge in [0.25, 0.3) is 5.56 Å². The molecule has 21 heavy (non-hydrogen) atoms. The lowest BCUT2D eigenvalue weighted by Crippen LogP contribution is -2.29. The van der Waals surface area contributed by atoms with Crippen LogP contribution in [0.5, 0.6) is 0 Å². The highest BCUT2D eigenvalue weighted by Crippen LogP contribution is 2.24. The molecule has 0 saturated heterocycles. The molecule has 5 nitrogen and oxygen atoms in total. The van der Waals surface area contributed by atoms with Crippen molar-refractivity contribution in [3.05, 3.63) is 65.0 Å². The molecule has 1 aromatic carbocycles. The summed E-state index contributed by atoms with van der Waals surface area (Å²) in [7, 11) is 0. The maximum Gasteiger partial charge on any atom is 0.282 e. The summed E-state index contributed by atoms with van der Waals surface area (Å²) in [5.41, 5.74) is 1.62. The Morgan fingerprint density at radius 1 is 1.00 bits per heavy atom. The second kappa shape index (κ2) is 5.44. The average molecular weight is 280 g/mol. The van der Waals surface area contributed by atoms with E-state index in [0.717, 1.165) is 5.56 Å². The van der Waals surface area contributed by atoms with Crippen molar-refractivity contribution >= 4 is 11.2 Å². The van der Waals surface area contributed by atoms with Gasteiger partial charge in [-0.2, -0.15) is 0 Å². The van der Waals surface area contributed by atoms with Gasteiger partial charge in [0.2, 0.25) is 0 Å². The number of fused-ring (bicyclic) bond motifs is 1. The summed E-state index contributed by atoms with van der Waals surface area (Å²) in [6.45, 7) is 4.18. The molecule has 5 heteroatoms. The summed E-state index contributed by atoms with van der Waals surface area (Å²) < 4.78 is 1.65. The molecule has 0 radical (unpaired) electrons. The van der Waals surface area contributed by atoms with E-state index in [0.29, 0.717) is 11.2 Å². The summed E-state index contributed by atoms with van der Waals surface area (Å²) in [6.07, 6.45) is 4.62. The molecule has 3 rings (SSSR count). The molecule has 1 atom stereocenters. The second-order valence-corrected chi connectivity index (χ2v) is 5.29. The number of aromatic nitrogens is 4. The molecule has 2 heterocycles. The van der Waals surface area contributed by atoms with Crippen molar-refractivity contribution in [2.45, 2.75) is 19.9 Å². The van der Waals surface area contributed by atoms with E-state index in [4.69, 9.17) is 0 Å². The molecule has 2 aromatic heterocycles. The van der Waals surface area contributed by atoms with E-state index in [2.05, 4.69) is 28.8 Å². The minimum absolute atomic E-state index is 0.0717. The van der Waals surface area contributed by atoms with E-state index in [1.807, 2.05) is 30.3 Å². The number of benzene rings is 1. The molecular formula is C16H16N4O. The first kappa shape index (κ1) is 13.4. The molecule has 0 unspecified atom stereocenters. The topological polar surface area (TPSA) is 60.7 Å². The Kier molecular flexibility index (Phi) is 3.48. The number of rotatable bonds is 3. The van der Waals surface area contributed by atoms with E-state index in [9.17, 15) is 4.79 Å². The molecule has 0 N–H and O–H groups in total. The van der Waals surface area contributed by atoms with Crippen molar-refractivity contribution in [2.75, 3.05) is 0 Å². The molecule has 0 aliphatic carbocycles. The fourth-order valence-corrected chi connectivity index (χ4v) is 2.58. The highest BCUT2D eigenvalue weighted by atomic mass is 16.1. The number of hydrogen-bond donors (Lipinski definition) is 0. The minimum atomic E-state index is -0.157.